The van der Waals surface area contributed by atoms with E-state index in [1.165, 1.54) is 6.20 Å². The molecule has 2 heterocycles. The molecule has 0 bridgehead atoms. The summed E-state index contributed by atoms with van der Waals surface area (Å²) >= 11 is 1.76. The highest BCUT2D eigenvalue weighted by molar-refractivity contribution is 7.99. The summed E-state index contributed by atoms with van der Waals surface area (Å²) in [5, 5.41) is 6.02. The third-order valence-corrected chi connectivity index (χ3v) is 5.17. The van der Waals surface area contributed by atoms with Crippen molar-refractivity contribution in [2.24, 2.45) is 0 Å². The van der Waals surface area contributed by atoms with Gasteiger partial charge in [-0.1, -0.05) is 0 Å². The number of aromatic amines is 1. The van der Waals surface area contributed by atoms with Gasteiger partial charge in [0.1, 0.15) is 10.7 Å². The number of thioether (sulfide) groups is 1. The fraction of sp³-hybridized carbons (Fsp3) is 0.625. The van der Waals surface area contributed by atoms with Crippen LogP contribution < -0.4 is 10.5 Å². The molecular weight excluding hydrogens is 248 g/mol. The average Bonchev–Trinajstić information content (AvgIpc) is 2.66. The number of hydrogen-bond donors (Lipinski definition) is 3. The third-order valence-electron chi connectivity index (χ3n) is 2.40. The SMILES string of the molecule is Nc1[nH]ncc1S(=O)(=O)NC1CCCSC1. The molecule has 1 aliphatic heterocycles. The summed E-state index contributed by atoms with van der Waals surface area (Å²) in [5.74, 6) is 2.00. The number of nitrogen functional groups attached to an aromatic ring is 1. The first kappa shape index (κ1) is 11.7. The molecule has 0 aromatic carbocycles. The van der Waals surface area contributed by atoms with Crippen molar-refractivity contribution in [1.82, 2.24) is 14.9 Å². The van der Waals surface area contributed by atoms with E-state index in [-0.39, 0.29) is 16.8 Å². The highest BCUT2D eigenvalue weighted by atomic mass is 32.2. The predicted octanol–water partition coefficient (Wildman–Crippen LogP) is 0.166. The molecule has 8 heteroatoms. The number of nitrogens with one attached hydrogen (secondary N) is 2. The van der Waals surface area contributed by atoms with E-state index in [9.17, 15) is 8.42 Å². The predicted molar refractivity (Wildman–Crippen MR) is 63.7 cm³/mol. The Hall–Kier alpha value is -0.730. The van der Waals surface area contributed by atoms with Crippen LogP contribution in [0.25, 0.3) is 0 Å². The molecule has 6 nitrogen and oxygen atoms in total. The first-order valence-electron chi connectivity index (χ1n) is 4.98. The van der Waals surface area contributed by atoms with Gasteiger partial charge < -0.3 is 5.73 Å². The first-order valence-corrected chi connectivity index (χ1v) is 7.62. The van der Waals surface area contributed by atoms with E-state index in [0.29, 0.717) is 0 Å². The molecule has 2 rings (SSSR count). The zero-order chi connectivity index (χ0) is 11.6. The van der Waals surface area contributed by atoms with Crippen molar-refractivity contribution in [1.29, 1.82) is 0 Å². The topological polar surface area (TPSA) is 101 Å². The molecule has 1 aromatic heterocycles. The quantitative estimate of drug-likeness (QED) is 0.720. The molecule has 1 saturated heterocycles. The zero-order valence-electron chi connectivity index (χ0n) is 8.64. The molecular formula is C8H14N4O2S2. The second-order valence-electron chi connectivity index (χ2n) is 3.68. The largest absolute Gasteiger partial charge is 0.383 e. The number of nitrogens with two attached hydrogens (primary N) is 1. The van der Waals surface area contributed by atoms with Crippen molar-refractivity contribution in [3.05, 3.63) is 6.20 Å². The maximum Gasteiger partial charge on any atom is 0.246 e. The van der Waals surface area contributed by atoms with Crippen LogP contribution in [0.15, 0.2) is 11.1 Å². The number of hydrogen-bond acceptors (Lipinski definition) is 5. The van der Waals surface area contributed by atoms with Gasteiger partial charge in [0.05, 0.1) is 6.20 Å². The molecule has 90 valence electrons. The van der Waals surface area contributed by atoms with E-state index in [1.807, 2.05) is 0 Å². The molecule has 1 fully saturated rings. The third kappa shape index (κ3) is 2.50. The molecule has 0 saturated carbocycles. The average molecular weight is 262 g/mol. The summed E-state index contributed by atoms with van der Waals surface area (Å²) in [6.45, 7) is 0. The Morgan fingerprint density at radius 3 is 3.00 bits per heavy atom. The molecule has 1 unspecified atom stereocenters. The van der Waals surface area contributed by atoms with Gasteiger partial charge in [-0.3, -0.25) is 5.10 Å². The summed E-state index contributed by atoms with van der Waals surface area (Å²) in [7, 11) is -3.53. The van der Waals surface area contributed by atoms with Crippen LogP contribution in [0.5, 0.6) is 0 Å². The Morgan fingerprint density at radius 1 is 1.62 bits per heavy atom. The Labute approximate surface area is 98.4 Å². The second kappa shape index (κ2) is 4.64. The summed E-state index contributed by atoms with van der Waals surface area (Å²) in [6.07, 6.45) is 3.15. The van der Waals surface area contributed by atoms with E-state index >= 15 is 0 Å². The Morgan fingerprint density at radius 2 is 2.44 bits per heavy atom. The standard InChI is InChI=1S/C8H14N4O2S2/c9-8-7(4-10-11-8)16(13,14)12-6-2-1-3-15-5-6/h4,6,12H,1-3,5H2,(H3,9,10,11). The van der Waals surface area contributed by atoms with E-state index in [4.69, 9.17) is 5.73 Å². The first-order chi connectivity index (χ1) is 7.59. The van der Waals surface area contributed by atoms with Crippen LogP contribution >= 0.6 is 11.8 Å². The van der Waals surface area contributed by atoms with Gasteiger partial charge in [0, 0.05) is 11.8 Å². The normalized spacial score (nSPS) is 22.1. The van der Waals surface area contributed by atoms with Gasteiger partial charge in [-0.05, 0) is 18.6 Å². The van der Waals surface area contributed by atoms with Gasteiger partial charge in [0.15, 0.2) is 0 Å². The lowest BCUT2D eigenvalue weighted by Crippen LogP contribution is -2.38. The summed E-state index contributed by atoms with van der Waals surface area (Å²) in [4.78, 5) is 0.0306. The molecule has 16 heavy (non-hydrogen) atoms. The Kier molecular flexibility index (Phi) is 3.41. The van der Waals surface area contributed by atoms with Crippen LogP contribution in [-0.2, 0) is 10.0 Å². The van der Waals surface area contributed by atoms with E-state index in [0.717, 1.165) is 24.3 Å². The minimum atomic E-state index is -3.53. The van der Waals surface area contributed by atoms with Crippen LogP contribution in [-0.4, -0.2) is 36.2 Å². The van der Waals surface area contributed by atoms with Crippen molar-refractivity contribution >= 4 is 27.6 Å². The molecule has 1 aromatic rings. The van der Waals surface area contributed by atoms with Gasteiger partial charge in [-0.25, -0.2) is 13.1 Å². The van der Waals surface area contributed by atoms with Gasteiger partial charge in [-0.2, -0.15) is 16.9 Å². The van der Waals surface area contributed by atoms with E-state index < -0.39 is 10.0 Å². The number of rotatable bonds is 3. The fourth-order valence-electron chi connectivity index (χ4n) is 1.62. The lowest BCUT2D eigenvalue weighted by atomic mass is 10.2. The molecule has 0 radical (unpaired) electrons. The molecule has 0 spiro atoms. The van der Waals surface area contributed by atoms with Crippen LogP contribution in [0, 0.1) is 0 Å². The maximum absolute atomic E-state index is 11.9. The van der Waals surface area contributed by atoms with E-state index in [2.05, 4.69) is 14.9 Å². The molecule has 0 aliphatic carbocycles. The van der Waals surface area contributed by atoms with Crippen LogP contribution in [0.1, 0.15) is 12.8 Å². The van der Waals surface area contributed by atoms with E-state index in [1.54, 1.807) is 11.8 Å². The fourth-order valence-corrected chi connectivity index (χ4v) is 4.09. The monoisotopic (exact) mass is 262 g/mol. The van der Waals surface area contributed by atoms with Crippen LogP contribution in [0.4, 0.5) is 5.82 Å². The minimum absolute atomic E-state index is 0.00181. The second-order valence-corrected chi connectivity index (χ2v) is 6.52. The smallest absolute Gasteiger partial charge is 0.246 e. The van der Waals surface area contributed by atoms with Crippen molar-refractivity contribution in [3.8, 4) is 0 Å². The van der Waals surface area contributed by atoms with Gasteiger partial charge in [0.2, 0.25) is 10.0 Å². The summed E-state index contributed by atoms with van der Waals surface area (Å²) in [5.41, 5.74) is 5.49. The highest BCUT2D eigenvalue weighted by Crippen LogP contribution is 2.20. The molecule has 1 aliphatic rings. The number of nitrogens with zero attached hydrogens (tertiary/aromatic N) is 1. The van der Waals surface area contributed by atoms with Gasteiger partial charge >= 0.3 is 0 Å². The number of anilines is 1. The van der Waals surface area contributed by atoms with Gasteiger partial charge in [-0.15, -0.1) is 0 Å². The lowest BCUT2D eigenvalue weighted by Gasteiger charge is -2.21. The number of H-pyrrole nitrogens is 1. The van der Waals surface area contributed by atoms with Crippen molar-refractivity contribution in [3.63, 3.8) is 0 Å². The maximum atomic E-state index is 11.9. The minimum Gasteiger partial charge on any atom is -0.383 e. The molecule has 4 N–H and O–H groups in total. The van der Waals surface area contributed by atoms with Crippen molar-refractivity contribution in [2.75, 3.05) is 17.2 Å². The molecule has 1 atom stereocenters. The number of aromatic nitrogens is 2. The highest BCUT2D eigenvalue weighted by Gasteiger charge is 2.24. The summed E-state index contributed by atoms with van der Waals surface area (Å²) in [6, 6.07) is -0.00181. The number of sulfonamides is 1. The van der Waals surface area contributed by atoms with Crippen molar-refractivity contribution < 1.29 is 8.42 Å². The Bertz CT molecular complexity index is 450. The van der Waals surface area contributed by atoms with Crippen molar-refractivity contribution in [2.45, 2.75) is 23.8 Å². The Balaban J connectivity index is 2.11. The lowest BCUT2D eigenvalue weighted by molar-refractivity contribution is 0.543. The van der Waals surface area contributed by atoms with Crippen LogP contribution in [0.3, 0.4) is 0 Å². The van der Waals surface area contributed by atoms with Gasteiger partial charge in [0.25, 0.3) is 0 Å². The molecule has 0 amide bonds. The summed E-state index contributed by atoms with van der Waals surface area (Å²) < 4.78 is 26.5. The van der Waals surface area contributed by atoms with Crippen LogP contribution in [0.2, 0.25) is 0 Å². The zero-order valence-corrected chi connectivity index (χ0v) is 10.3.